The van der Waals surface area contributed by atoms with E-state index in [1.54, 1.807) is 6.07 Å². The first-order valence-electron chi connectivity index (χ1n) is 8.23. The van der Waals surface area contributed by atoms with E-state index in [1.807, 2.05) is 43.3 Å². The number of hydrogen-bond donors (Lipinski definition) is 1. The Kier molecular flexibility index (Phi) is 5.25. The van der Waals surface area contributed by atoms with Crippen molar-refractivity contribution in [2.75, 3.05) is 5.32 Å². The molecule has 3 aromatic rings. The zero-order valence-corrected chi connectivity index (χ0v) is 15.1. The molecule has 0 bridgehead atoms. The molecule has 0 fully saturated rings. The number of nitrogens with one attached hydrogen (secondary N) is 1. The molecular weight excluding hydrogens is 334 g/mol. The van der Waals surface area contributed by atoms with Crippen LogP contribution in [0.5, 0.6) is 0 Å². The highest BCUT2D eigenvalue weighted by Gasteiger charge is 2.09. The number of amides is 1. The zero-order chi connectivity index (χ0) is 17.8. The standard InChI is InChI=1S/C21H20ClNO2/c1-14-3-6-16(7-4-14)20-11-9-18(25-20)10-12-21(24)23-19-13-17(22)8-5-15(19)2/h3-9,11,13H,10,12H2,1-2H3,(H,23,24). The maximum Gasteiger partial charge on any atom is 0.224 e. The summed E-state index contributed by atoms with van der Waals surface area (Å²) in [5.41, 5.74) is 3.98. The molecule has 3 rings (SSSR count). The third-order valence-electron chi connectivity index (χ3n) is 4.07. The quantitative estimate of drug-likeness (QED) is 0.631. The molecule has 1 amide bonds. The Labute approximate surface area is 152 Å². The van der Waals surface area contributed by atoms with E-state index in [0.29, 0.717) is 17.9 Å². The molecule has 0 radical (unpaired) electrons. The Hall–Kier alpha value is -2.52. The first-order valence-corrected chi connectivity index (χ1v) is 8.61. The van der Waals surface area contributed by atoms with Gasteiger partial charge in [-0.25, -0.2) is 0 Å². The summed E-state index contributed by atoms with van der Waals surface area (Å²) in [5, 5.41) is 3.51. The number of furan rings is 1. The summed E-state index contributed by atoms with van der Waals surface area (Å²) in [6, 6.07) is 17.5. The molecule has 0 spiro atoms. The molecule has 1 heterocycles. The summed E-state index contributed by atoms with van der Waals surface area (Å²) in [4.78, 5) is 12.2. The van der Waals surface area contributed by atoms with Crippen LogP contribution in [0.3, 0.4) is 0 Å². The molecule has 0 unspecified atom stereocenters. The van der Waals surface area contributed by atoms with Crippen LogP contribution in [-0.4, -0.2) is 5.91 Å². The highest BCUT2D eigenvalue weighted by molar-refractivity contribution is 6.31. The Balaban J connectivity index is 1.59. The first kappa shape index (κ1) is 17.3. The van der Waals surface area contributed by atoms with Gasteiger partial charge in [0.2, 0.25) is 5.91 Å². The first-order chi connectivity index (χ1) is 12.0. The molecule has 1 N–H and O–H groups in total. The highest BCUT2D eigenvalue weighted by Crippen LogP contribution is 2.24. The molecule has 2 aromatic carbocycles. The zero-order valence-electron chi connectivity index (χ0n) is 14.3. The minimum absolute atomic E-state index is 0.0568. The van der Waals surface area contributed by atoms with Crippen molar-refractivity contribution in [3.05, 3.63) is 76.5 Å². The van der Waals surface area contributed by atoms with E-state index in [9.17, 15) is 4.79 Å². The number of aryl methyl sites for hydroxylation is 3. The van der Waals surface area contributed by atoms with E-state index in [0.717, 1.165) is 28.3 Å². The van der Waals surface area contributed by atoms with Crippen LogP contribution in [0.2, 0.25) is 5.02 Å². The molecule has 0 aliphatic rings. The van der Waals surface area contributed by atoms with Gasteiger partial charge >= 0.3 is 0 Å². The largest absolute Gasteiger partial charge is 0.461 e. The van der Waals surface area contributed by atoms with E-state index in [2.05, 4.69) is 24.4 Å². The van der Waals surface area contributed by atoms with Gasteiger partial charge in [0.25, 0.3) is 0 Å². The fourth-order valence-electron chi connectivity index (χ4n) is 2.56. The number of anilines is 1. The van der Waals surface area contributed by atoms with Crippen molar-refractivity contribution < 1.29 is 9.21 Å². The van der Waals surface area contributed by atoms with Crippen molar-refractivity contribution in [2.45, 2.75) is 26.7 Å². The van der Waals surface area contributed by atoms with Crippen LogP contribution >= 0.6 is 11.6 Å². The number of rotatable bonds is 5. The van der Waals surface area contributed by atoms with E-state index >= 15 is 0 Å². The van der Waals surface area contributed by atoms with Crippen molar-refractivity contribution in [2.24, 2.45) is 0 Å². The molecule has 25 heavy (non-hydrogen) atoms. The molecule has 3 nitrogen and oxygen atoms in total. The summed E-state index contributed by atoms with van der Waals surface area (Å²) in [6.07, 6.45) is 0.907. The molecule has 0 atom stereocenters. The number of halogens is 1. The molecular formula is C21H20ClNO2. The van der Waals surface area contributed by atoms with Crippen molar-refractivity contribution in [1.82, 2.24) is 0 Å². The number of hydrogen-bond acceptors (Lipinski definition) is 2. The van der Waals surface area contributed by atoms with Gasteiger partial charge in [0.15, 0.2) is 0 Å². The Morgan fingerprint density at radius 1 is 1.04 bits per heavy atom. The third-order valence-corrected chi connectivity index (χ3v) is 4.31. The van der Waals surface area contributed by atoms with Gasteiger partial charge in [-0.15, -0.1) is 0 Å². The average Bonchev–Trinajstić information content (AvgIpc) is 3.06. The molecule has 128 valence electrons. The number of carbonyl (C=O) groups excluding carboxylic acids is 1. The van der Waals surface area contributed by atoms with Gasteiger partial charge in [0, 0.05) is 29.1 Å². The average molecular weight is 354 g/mol. The predicted octanol–water partition coefficient (Wildman–Crippen LogP) is 5.79. The summed E-state index contributed by atoms with van der Waals surface area (Å²) in [5.74, 6) is 1.56. The van der Waals surface area contributed by atoms with Crippen molar-refractivity contribution in [3.63, 3.8) is 0 Å². The van der Waals surface area contributed by atoms with Crippen molar-refractivity contribution in [1.29, 1.82) is 0 Å². The van der Waals surface area contributed by atoms with E-state index in [1.165, 1.54) is 5.56 Å². The maximum atomic E-state index is 12.2. The lowest BCUT2D eigenvalue weighted by Crippen LogP contribution is -2.13. The van der Waals surface area contributed by atoms with Gasteiger partial charge in [-0.3, -0.25) is 4.79 Å². The van der Waals surface area contributed by atoms with Crippen LogP contribution in [0.25, 0.3) is 11.3 Å². The van der Waals surface area contributed by atoms with Crippen molar-refractivity contribution >= 4 is 23.2 Å². The van der Waals surface area contributed by atoms with Crippen LogP contribution in [-0.2, 0) is 11.2 Å². The van der Waals surface area contributed by atoms with Gasteiger partial charge < -0.3 is 9.73 Å². The van der Waals surface area contributed by atoms with Crippen LogP contribution in [0.4, 0.5) is 5.69 Å². The minimum Gasteiger partial charge on any atom is -0.461 e. The summed E-state index contributed by atoms with van der Waals surface area (Å²) in [7, 11) is 0. The Morgan fingerprint density at radius 2 is 1.80 bits per heavy atom. The normalized spacial score (nSPS) is 10.7. The molecule has 0 saturated carbocycles. The van der Waals surface area contributed by atoms with Gasteiger partial charge in [-0.05, 0) is 43.7 Å². The topological polar surface area (TPSA) is 42.2 Å². The van der Waals surface area contributed by atoms with Crippen LogP contribution < -0.4 is 5.32 Å². The lowest BCUT2D eigenvalue weighted by molar-refractivity contribution is -0.116. The van der Waals surface area contributed by atoms with Gasteiger partial charge in [0.05, 0.1) is 0 Å². The van der Waals surface area contributed by atoms with Gasteiger partial charge in [-0.2, -0.15) is 0 Å². The van der Waals surface area contributed by atoms with E-state index in [4.69, 9.17) is 16.0 Å². The number of benzene rings is 2. The molecule has 0 saturated heterocycles. The molecule has 1 aromatic heterocycles. The smallest absolute Gasteiger partial charge is 0.224 e. The fraction of sp³-hybridized carbons (Fsp3) is 0.190. The van der Waals surface area contributed by atoms with Crippen LogP contribution in [0.1, 0.15) is 23.3 Å². The summed E-state index contributed by atoms with van der Waals surface area (Å²) in [6.45, 7) is 3.99. The lowest BCUT2D eigenvalue weighted by Gasteiger charge is -2.08. The van der Waals surface area contributed by atoms with Crippen LogP contribution in [0.15, 0.2) is 59.0 Å². The van der Waals surface area contributed by atoms with E-state index in [-0.39, 0.29) is 5.91 Å². The second kappa shape index (κ2) is 7.58. The number of carbonyl (C=O) groups is 1. The third kappa shape index (κ3) is 4.52. The monoisotopic (exact) mass is 353 g/mol. The SMILES string of the molecule is Cc1ccc(-c2ccc(CCC(=O)Nc3cc(Cl)ccc3C)o2)cc1. The molecule has 4 heteroatoms. The van der Waals surface area contributed by atoms with E-state index < -0.39 is 0 Å². The second-order valence-electron chi connectivity index (χ2n) is 6.14. The fourth-order valence-corrected chi connectivity index (χ4v) is 2.74. The second-order valence-corrected chi connectivity index (χ2v) is 6.58. The Morgan fingerprint density at radius 3 is 2.56 bits per heavy atom. The Bertz CT molecular complexity index is 881. The summed E-state index contributed by atoms with van der Waals surface area (Å²) >= 11 is 5.98. The summed E-state index contributed by atoms with van der Waals surface area (Å²) < 4.78 is 5.85. The molecule has 0 aliphatic carbocycles. The van der Waals surface area contributed by atoms with Crippen molar-refractivity contribution in [3.8, 4) is 11.3 Å². The lowest BCUT2D eigenvalue weighted by atomic mass is 10.1. The van der Waals surface area contributed by atoms with Gasteiger partial charge in [0.1, 0.15) is 11.5 Å². The highest BCUT2D eigenvalue weighted by atomic mass is 35.5. The minimum atomic E-state index is -0.0568. The van der Waals surface area contributed by atoms with Crippen LogP contribution in [0, 0.1) is 13.8 Å². The maximum absolute atomic E-state index is 12.2. The predicted molar refractivity (Wildman–Crippen MR) is 102 cm³/mol. The van der Waals surface area contributed by atoms with Gasteiger partial charge in [-0.1, -0.05) is 47.5 Å². The molecule has 0 aliphatic heterocycles.